The van der Waals surface area contributed by atoms with E-state index in [-0.39, 0.29) is 36.6 Å². The fourth-order valence-corrected chi connectivity index (χ4v) is 27.2. The summed E-state index contributed by atoms with van der Waals surface area (Å²) in [6.45, 7) is 9.95. The molecule has 194 valence electrons. The van der Waals surface area contributed by atoms with Crippen molar-refractivity contribution in [1.29, 1.82) is 0 Å². The van der Waals surface area contributed by atoms with Gasteiger partial charge in [0.05, 0.1) is 0 Å². The van der Waals surface area contributed by atoms with E-state index >= 15 is 0 Å². The van der Waals surface area contributed by atoms with E-state index in [1.165, 1.54) is 11.1 Å². The van der Waals surface area contributed by atoms with Crippen LogP contribution in [0.3, 0.4) is 0 Å². The molecule has 4 aliphatic rings. The molecule has 4 unspecified atom stereocenters. The van der Waals surface area contributed by atoms with Crippen molar-refractivity contribution in [3.05, 3.63) is 143 Å². The van der Waals surface area contributed by atoms with Crippen molar-refractivity contribution in [3.8, 4) is 0 Å². The van der Waals surface area contributed by atoms with Crippen LogP contribution in [-0.4, -0.2) is 5.43 Å². The minimum Gasteiger partial charge on any atom is -1.00 e. The molecule has 0 N–H and O–H groups in total. The quantitative estimate of drug-likeness (QED) is 0.482. The van der Waals surface area contributed by atoms with Crippen molar-refractivity contribution < 1.29 is 54.0 Å². The topological polar surface area (TPSA) is 26.3 Å². The van der Waals surface area contributed by atoms with Crippen LogP contribution < -0.4 is 24.8 Å². The molecule has 6 rings (SSSR count). The summed E-state index contributed by atoms with van der Waals surface area (Å²) in [5.74, 6) is 2.47. The average molecular weight is 639 g/mol. The maximum atomic E-state index is 5.90. The van der Waals surface area contributed by atoms with E-state index in [1.807, 2.05) is 12.1 Å². The Morgan fingerprint density at radius 3 is 1.47 bits per heavy atom. The molecule has 0 bridgehead atoms. The van der Waals surface area contributed by atoms with E-state index in [9.17, 15) is 0 Å². The molecule has 0 saturated carbocycles. The van der Waals surface area contributed by atoms with Gasteiger partial charge in [-0.15, -0.1) is 0 Å². The van der Waals surface area contributed by atoms with Gasteiger partial charge in [-0.2, -0.15) is 0 Å². The minimum atomic E-state index is -2.12. The summed E-state index contributed by atoms with van der Waals surface area (Å²) >= 11 is -2.12. The number of hydrogen-bond acceptors (Lipinski definition) is 2. The van der Waals surface area contributed by atoms with Crippen LogP contribution >= 0.6 is 0 Å². The van der Waals surface area contributed by atoms with Gasteiger partial charge in [-0.1, -0.05) is 0 Å². The molecule has 0 amide bonds. The van der Waals surface area contributed by atoms with Crippen LogP contribution in [-0.2, 0) is 20.4 Å². The summed E-state index contributed by atoms with van der Waals surface area (Å²) in [6, 6.07) is 8.26. The largest absolute Gasteiger partial charge is 1.00 e. The van der Waals surface area contributed by atoms with Gasteiger partial charge >= 0.3 is 223 Å². The summed E-state index contributed by atoms with van der Waals surface area (Å²) in [7, 11) is 0. The minimum absolute atomic E-state index is 0. The van der Waals surface area contributed by atoms with Crippen LogP contribution in [0.25, 0.3) is 0 Å². The third kappa shape index (κ3) is 5.06. The number of furan rings is 2. The number of hydrogen-bond donors (Lipinski definition) is 0. The second kappa shape index (κ2) is 12.1. The molecule has 2 heterocycles. The van der Waals surface area contributed by atoms with Crippen molar-refractivity contribution in [2.75, 3.05) is 0 Å². The predicted molar refractivity (Wildman–Crippen MR) is 146 cm³/mol. The molecule has 0 saturated heterocycles. The SMILES string of the molecule is CC1=CC2=C(C=CC=CC2c2ccco2)[CH]1[Zr+2]([CH]1C(C)=CC2=C1C=CC=CC2c1ccco1)=[Si](C)C.[Cl-].[Cl-]. The van der Waals surface area contributed by atoms with Gasteiger partial charge in [0, 0.05) is 0 Å². The average Bonchev–Trinajstić information content (AvgIpc) is 3.63. The van der Waals surface area contributed by atoms with E-state index in [4.69, 9.17) is 8.83 Å². The molecule has 0 aromatic carbocycles. The third-order valence-corrected chi connectivity index (χ3v) is 27.8. The van der Waals surface area contributed by atoms with Gasteiger partial charge in [-0.25, -0.2) is 0 Å². The normalized spacial score (nSPS) is 24.9. The Bertz CT molecular complexity index is 1370. The molecule has 6 heteroatoms. The molecular weight excluding hydrogens is 607 g/mol. The Morgan fingerprint density at radius 1 is 0.658 bits per heavy atom. The number of allylic oxidation sites excluding steroid dienone is 16. The Morgan fingerprint density at radius 2 is 1.11 bits per heavy atom. The van der Waals surface area contributed by atoms with E-state index in [0.29, 0.717) is 7.25 Å². The fraction of sp³-hybridized carbons (Fsp3) is 0.250. The van der Waals surface area contributed by atoms with Crippen LogP contribution in [0.15, 0.2) is 140 Å². The van der Waals surface area contributed by atoms with Gasteiger partial charge in [0.1, 0.15) is 0 Å². The van der Waals surface area contributed by atoms with Crippen molar-refractivity contribution in [2.45, 2.75) is 46.0 Å². The standard InChI is InChI=1S/2C15H13O.C2H6Si.2ClH.Zr/c2*1-11-9-12-5-2-3-6-13(14(12)10-11)15-7-4-8-16-15;1-3-2;;;/h2*2-10,13H,1H3;1-2H3;2*1H;/q;;;;;+2/p-2. The van der Waals surface area contributed by atoms with Crippen molar-refractivity contribution in [3.63, 3.8) is 0 Å². The molecule has 38 heavy (non-hydrogen) atoms. The Labute approximate surface area is 246 Å². The van der Waals surface area contributed by atoms with Gasteiger partial charge in [0.15, 0.2) is 0 Å². The van der Waals surface area contributed by atoms with Crippen molar-refractivity contribution >= 4 is 5.43 Å². The molecule has 0 aliphatic heterocycles. The smallest absolute Gasteiger partial charge is 1.00 e. The molecule has 2 aromatic heterocycles. The van der Waals surface area contributed by atoms with E-state index in [1.54, 1.807) is 34.8 Å². The van der Waals surface area contributed by atoms with Crippen LogP contribution in [0.4, 0.5) is 0 Å². The summed E-state index contributed by atoms with van der Waals surface area (Å²) in [4.78, 5) is 0. The first-order valence-electron chi connectivity index (χ1n) is 12.8. The Kier molecular flexibility index (Phi) is 9.30. The second-order valence-corrected chi connectivity index (χ2v) is 28.3. The van der Waals surface area contributed by atoms with Crippen LogP contribution in [0.5, 0.6) is 0 Å². The Balaban J connectivity index is 0.00000168. The van der Waals surface area contributed by atoms with E-state index in [0.717, 1.165) is 11.5 Å². The number of rotatable bonds is 4. The van der Waals surface area contributed by atoms with Crippen molar-refractivity contribution in [1.82, 2.24) is 0 Å². The third-order valence-electron chi connectivity index (χ3n) is 7.92. The zero-order valence-corrected chi connectivity index (χ0v) is 27.1. The first-order valence-corrected chi connectivity index (χ1v) is 21.9. The Hall–Kier alpha value is -1.84. The van der Waals surface area contributed by atoms with Gasteiger partial charge < -0.3 is 24.8 Å². The molecule has 4 atom stereocenters. The summed E-state index contributed by atoms with van der Waals surface area (Å²) < 4.78 is 13.0. The molecular formula is C32H32Cl2O2SiZr. The maximum Gasteiger partial charge on any atom is -1.00 e. The van der Waals surface area contributed by atoms with Crippen LogP contribution in [0.2, 0.25) is 20.3 Å². The fourth-order valence-electron chi connectivity index (χ4n) is 6.45. The van der Waals surface area contributed by atoms with E-state index in [2.05, 4.69) is 99.8 Å². The van der Waals surface area contributed by atoms with Gasteiger partial charge in [-0.05, 0) is 0 Å². The molecule has 4 aliphatic carbocycles. The molecule has 2 aromatic rings. The summed E-state index contributed by atoms with van der Waals surface area (Å²) in [6.07, 6.45) is 26.9. The summed E-state index contributed by atoms with van der Waals surface area (Å²) in [5, 5.41) is 0. The molecule has 0 fully saturated rings. The zero-order chi connectivity index (χ0) is 24.8. The first kappa shape index (κ1) is 29.2. The van der Waals surface area contributed by atoms with Gasteiger partial charge in [-0.3, -0.25) is 0 Å². The van der Waals surface area contributed by atoms with Gasteiger partial charge in [0.2, 0.25) is 0 Å². The molecule has 0 radical (unpaired) electrons. The number of halogens is 2. The molecule has 0 spiro atoms. The van der Waals surface area contributed by atoms with Crippen LogP contribution in [0, 0.1) is 0 Å². The predicted octanol–water partition coefficient (Wildman–Crippen LogP) is 2.96. The summed E-state index contributed by atoms with van der Waals surface area (Å²) in [5.41, 5.74) is 8.66. The zero-order valence-electron chi connectivity index (χ0n) is 22.1. The van der Waals surface area contributed by atoms with Crippen molar-refractivity contribution in [2.24, 2.45) is 0 Å². The monoisotopic (exact) mass is 636 g/mol. The maximum absolute atomic E-state index is 5.90. The molecule has 2 nitrogen and oxygen atoms in total. The van der Waals surface area contributed by atoms with Crippen LogP contribution in [0.1, 0.15) is 37.2 Å². The van der Waals surface area contributed by atoms with E-state index < -0.39 is 25.8 Å². The first-order chi connectivity index (χ1) is 17.5. The second-order valence-electron chi connectivity index (χ2n) is 10.4. The van der Waals surface area contributed by atoms with Gasteiger partial charge in [0.25, 0.3) is 0 Å².